The summed E-state index contributed by atoms with van der Waals surface area (Å²) in [5, 5.41) is 2.14. The Morgan fingerprint density at radius 1 is 0.947 bits per heavy atom. The van der Waals surface area contributed by atoms with Gasteiger partial charge in [0.25, 0.3) is 11.8 Å². The first-order valence-electron chi connectivity index (χ1n) is 11.8. The van der Waals surface area contributed by atoms with Crippen LogP contribution in [0.3, 0.4) is 0 Å². The van der Waals surface area contributed by atoms with Crippen molar-refractivity contribution in [2.45, 2.75) is 20.0 Å². The highest BCUT2D eigenvalue weighted by Gasteiger charge is 2.37. The van der Waals surface area contributed by atoms with E-state index in [0.29, 0.717) is 35.7 Å². The first-order chi connectivity index (χ1) is 18.3. The van der Waals surface area contributed by atoms with E-state index in [1.807, 2.05) is 0 Å². The quantitative estimate of drug-likeness (QED) is 0.235. The van der Waals surface area contributed by atoms with Gasteiger partial charge in [0.1, 0.15) is 23.8 Å². The van der Waals surface area contributed by atoms with E-state index in [1.165, 1.54) is 30.3 Å². The van der Waals surface area contributed by atoms with Gasteiger partial charge in [-0.1, -0.05) is 18.2 Å². The summed E-state index contributed by atoms with van der Waals surface area (Å²) < 4.78 is 38.5. The summed E-state index contributed by atoms with van der Waals surface area (Å²) >= 11 is 0. The predicted molar refractivity (Wildman–Crippen MR) is 138 cm³/mol. The molecule has 0 aliphatic carbocycles. The Kier molecular flexibility index (Phi) is 7.96. The third-order valence-electron chi connectivity index (χ3n) is 5.61. The minimum absolute atomic E-state index is 0.110. The van der Waals surface area contributed by atoms with Crippen LogP contribution in [-0.2, 0) is 22.6 Å². The molecule has 1 heterocycles. The van der Waals surface area contributed by atoms with Crippen LogP contribution in [0.4, 0.5) is 19.3 Å². The van der Waals surface area contributed by atoms with Crippen LogP contribution in [0.15, 0.2) is 78.9 Å². The minimum Gasteiger partial charge on any atom is -0.490 e. The van der Waals surface area contributed by atoms with Crippen molar-refractivity contribution in [3.63, 3.8) is 0 Å². The number of barbiturate groups is 1. The predicted octanol–water partition coefficient (Wildman–Crippen LogP) is 5.34. The van der Waals surface area contributed by atoms with Crippen molar-refractivity contribution in [3.05, 3.63) is 107 Å². The van der Waals surface area contributed by atoms with Crippen molar-refractivity contribution in [1.82, 2.24) is 5.32 Å². The van der Waals surface area contributed by atoms with E-state index < -0.39 is 23.7 Å². The minimum atomic E-state index is -0.935. The van der Waals surface area contributed by atoms with Crippen molar-refractivity contribution in [2.75, 3.05) is 11.5 Å². The number of carbonyl (C=O) groups is 3. The summed E-state index contributed by atoms with van der Waals surface area (Å²) in [4.78, 5) is 39.0. The summed E-state index contributed by atoms with van der Waals surface area (Å²) in [5.74, 6) is -1.79. The van der Waals surface area contributed by atoms with Crippen molar-refractivity contribution in [3.8, 4) is 11.5 Å². The zero-order valence-corrected chi connectivity index (χ0v) is 20.5. The normalized spacial score (nSPS) is 14.4. The van der Waals surface area contributed by atoms with Gasteiger partial charge in [0.15, 0.2) is 11.5 Å². The van der Waals surface area contributed by atoms with Crippen LogP contribution in [0, 0.1) is 11.6 Å². The summed E-state index contributed by atoms with van der Waals surface area (Å²) in [7, 11) is 0. The number of ether oxygens (including phenoxy) is 2. The number of urea groups is 1. The second-order valence-corrected chi connectivity index (χ2v) is 8.28. The molecule has 0 bridgehead atoms. The fourth-order valence-electron chi connectivity index (χ4n) is 3.89. The molecule has 1 N–H and O–H groups in total. The van der Waals surface area contributed by atoms with Gasteiger partial charge in [-0.2, -0.15) is 0 Å². The Bertz CT molecular complexity index is 1420. The molecule has 4 amide bonds. The van der Waals surface area contributed by atoms with Gasteiger partial charge in [0.05, 0.1) is 12.3 Å². The summed E-state index contributed by atoms with van der Waals surface area (Å²) in [6.07, 6.45) is 3.40. The van der Waals surface area contributed by atoms with Crippen LogP contribution in [0.2, 0.25) is 0 Å². The summed E-state index contributed by atoms with van der Waals surface area (Å²) in [6.45, 7) is 6.05. The molecule has 194 valence electrons. The molecular formula is C29H24F2N2O5. The lowest BCUT2D eigenvalue weighted by Gasteiger charge is -2.26. The number of halogens is 2. The molecule has 0 unspecified atom stereocenters. The van der Waals surface area contributed by atoms with Gasteiger partial charge >= 0.3 is 6.03 Å². The molecule has 1 aliphatic heterocycles. The van der Waals surface area contributed by atoms with Crippen LogP contribution in [0.25, 0.3) is 6.08 Å². The number of hydrogen-bond donors (Lipinski definition) is 1. The van der Waals surface area contributed by atoms with E-state index in [2.05, 4.69) is 11.9 Å². The average molecular weight is 519 g/mol. The third-order valence-corrected chi connectivity index (χ3v) is 5.61. The monoisotopic (exact) mass is 518 g/mol. The first-order valence-corrected chi connectivity index (χ1v) is 11.8. The lowest BCUT2D eigenvalue weighted by Crippen LogP contribution is -2.54. The number of allylic oxidation sites excluding steroid dienone is 1. The highest BCUT2D eigenvalue weighted by molar-refractivity contribution is 6.39. The fourth-order valence-corrected chi connectivity index (χ4v) is 3.89. The third kappa shape index (κ3) is 5.78. The molecule has 0 radical (unpaired) electrons. The van der Waals surface area contributed by atoms with E-state index >= 15 is 0 Å². The summed E-state index contributed by atoms with van der Waals surface area (Å²) in [6, 6.07) is 13.1. The van der Waals surface area contributed by atoms with E-state index in [9.17, 15) is 23.2 Å². The van der Waals surface area contributed by atoms with Crippen molar-refractivity contribution < 1.29 is 32.6 Å². The Labute approximate surface area is 218 Å². The molecule has 3 aromatic carbocycles. The summed E-state index contributed by atoms with van der Waals surface area (Å²) in [5.41, 5.74) is 1.70. The molecule has 1 aliphatic rings. The Balaban J connectivity index is 1.71. The Morgan fingerprint density at radius 2 is 1.61 bits per heavy atom. The molecule has 1 fully saturated rings. The number of amides is 4. The zero-order valence-electron chi connectivity index (χ0n) is 20.5. The molecular weight excluding hydrogens is 494 g/mol. The van der Waals surface area contributed by atoms with Crippen LogP contribution in [0.1, 0.15) is 23.6 Å². The maximum Gasteiger partial charge on any atom is 0.335 e. The van der Waals surface area contributed by atoms with E-state index in [4.69, 9.17) is 9.47 Å². The van der Waals surface area contributed by atoms with E-state index in [0.717, 1.165) is 22.6 Å². The second-order valence-electron chi connectivity index (χ2n) is 8.28. The average Bonchev–Trinajstić information content (AvgIpc) is 2.88. The van der Waals surface area contributed by atoms with Gasteiger partial charge in [-0.15, -0.1) is 6.58 Å². The fraction of sp³-hybridized carbons (Fsp3) is 0.138. The van der Waals surface area contributed by atoms with Gasteiger partial charge in [0, 0.05) is 5.56 Å². The van der Waals surface area contributed by atoms with Gasteiger partial charge < -0.3 is 9.47 Å². The lowest BCUT2D eigenvalue weighted by atomic mass is 10.0. The molecule has 4 rings (SSSR count). The van der Waals surface area contributed by atoms with E-state index in [1.54, 1.807) is 37.3 Å². The molecule has 1 saturated heterocycles. The second kappa shape index (κ2) is 11.5. The maximum atomic E-state index is 13.4. The number of carbonyl (C=O) groups excluding carboxylic acids is 3. The molecule has 38 heavy (non-hydrogen) atoms. The highest BCUT2D eigenvalue weighted by Crippen LogP contribution is 2.36. The topological polar surface area (TPSA) is 84.9 Å². The van der Waals surface area contributed by atoms with Crippen LogP contribution in [0.5, 0.6) is 11.5 Å². The highest BCUT2D eigenvalue weighted by atomic mass is 19.1. The van der Waals surface area contributed by atoms with Crippen LogP contribution >= 0.6 is 0 Å². The van der Waals surface area contributed by atoms with Gasteiger partial charge in [-0.25, -0.2) is 18.5 Å². The smallest absolute Gasteiger partial charge is 0.335 e. The standard InChI is InChI=1S/C29H24F2N2O5/c1-3-5-20-14-19(16-25(37-4-2)26(20)38-17-18-6-8-21(30)9-7-18)15-24-27(34)32-29(36)33(28(24)35)23-12-10-22(31)11-13-23/h3,6-16H,1,4-5,17H2,2H3,(H,32,34,36)/b24-15+. The molecule has 0 aromatic heterocycles. The zero-order chi connectivity index (χ0) is 27.2. The SMILES string of the molecule is C=CCc1cc(/C=C2\C(=O)NC(=O)N(c3ccc(F)cc3)C2=O)cc(OCC)c1OCc1ccc(F)cc1. The van der Waals surface area contributed by atoms with Gasteiger partial charge in [0.2, 0.25) is 0 Å². The van der Waals surface area contributed by atoms with Crippen LogP contribution in [-0.4, -0.2) is 24.5 Å². The number of nitrogens with zero attached hydrogens (tertiary/aromatic N) is 1. The number of anilines is 1. The molecule has 3 aromatic rings. The number of rotatable bonds is 9. The molecule has 0 saturated carbocycles. The molecule has 0 atom stereocenters. The number of benzene rings is 3. The van der Waals surface area contributed by atoms with Gasteiger partial charge in [-0.3, -0.25) is 14.9 Å². The van der Waals surface area contributed by atoms with Crippen molar-refractivity contribution >= 4 is 29.6 Å². The Hall–Kier alpha value is -4.79. The number of hydrogen-bond acceptors (Lipinski definition) is 5. The largest absolute Gasteiger partial charge is 0.490 e. The molecule has 0 spiro atoms. The van der Waals surface area contributed by atoms with Gasteiger partial charge in [-0.05, 0) is 79.1 Å². The van der Waals surface area contributed by atoms with E-state index in [-0.39, 0.29) is 23.7 Å². The molecule has 7 nitrogen and oxygen atoms in total. The number of imide groups is 2. The van der Waals surface area contributed by atoms with Crippen molar-refractivity contribution in [1.29, 1.82) is 0 Å². The first kappa shape index (κ1) is 26.3. The van der Waals surface area contributed by atoms with Crippen molar-refractivity contribution in [2.24, 2.45) is 0 Å². The maximum absolute atomic E-state index is 13.4. The lowest BCUT2D eigenvalue weighted by molar-refractivity contribution is -0.122. The molecule has 9 heteroatoms. The number of nitrogens with one attached hydrogen (secondary N) is 1. The van der Waals surface area contributed by atoms with Crippen LogP contribution < -0.4 is 19.7 Å². The Morgan fingerprint density at radius 3 is 2.24 bits per heavy atom.